The van der Waals surface area contributed by atoms with E-state index in [-0.39, 0.29) is 35.3 Å². The third-order valence-corrected chi connectivity index (χ3v) is 4.77. The van der Waals surface area contributed by atoms with Gasteiger partial charge in [0.05, 0.1) is 4.92 Å². The van der Waals surface area contributed by atoms with Crippen LogP contribution in [0, 0.1) is 16.0 Å². The molecule has 28 heavy (non-hydrogen) atoms. The zero-order chi connectivity index (χ0) is 20.2. The first-order valence-electron chi connectivity index (χ1n) is 8.46. The van der Waals surface area contributed by atoms with E-state index in [1.807, 2.05) is 6.92 Å². The molecule has 0 spiro atoms. The molecule has 4 rings (SSSR count). The zero-order valence-electron chi connectivity index (χ0n) is 14.5. The number of anilines is 1. The Kier molecular flexibility index (Phi) is 3.98. The molecule has 1 aliphatic heterocycles. The maximum absolute atomic E-state index is 13.1. The number of fused-ring (bicyclic) bond motifs is 1. The van der Waals surface area contributed by atoms with Crippen molar-refractivity contribution in [1.82, 2.24) is 14.8 Å². The predicted octanol–water partition coefficient (Wildman–Crippen LogP) is 3.47. The molecule has 0 saturated carbocycles. The van der Waals surface area contributed by atoms with E-state index in [1.54, 1.807) is 0 Å². The minimum Gasteiger partial charge on any atom is -0.328 e. The molecule has 1 aromatic carbocycles. The summed E-state index contributed by atoms with van der Waals surface area (Å²) in [6.07, 6.45) is -4.07. The van der Waals surface area contributed by atoms with Crippen LogP contribution in [0.1, 0.15) is 37.2 Å². The van der Waals surface area contributed by atoms with Gasteiger partial charge in [-0.1, -0.05) is 19.1 Å². The molecule has 2 heterocycles. The van der Waals surface area contributed by atoms with Crippen molar-refractivity contribution in [2.45, 2.75) is 32.0 Å². The second-order valence-corrected chi connectivity index (χ2v) is 6.91. The van der Waals surface area contributed by atoms with E-state index in [2.05, 4.69) is 15.4 Å². The van der Waals surface area contributed by atoms with Crippen LogP contribution < -0.4 is 5.32 Å². The van der Waals surface area contributed by atoms with Crippen molar-refractivity contribution in [3.8, 4) is 0 Å². The Balaban J connectivity index is 1.92. The monoisotopic (exact) mass is 393 g/mol. The Bertz CT molecular complexity index is 1030. The van der Waals surface area contributed by atoms with Crippen molar-refractivity contribution in [2.75, 3.05) is 5.32 Å². The first kappa shape index (κ1) is 18.1. The van der Waals surface area contributed by atoms with Crippen molar-refractivity contribution in [1.29, 1.82) is 0 Å². The number of alkyl halides is 3. The largest absolute Gasteiger partial charge is 0.453 e. The van der Waals surface area contributed by atoms with Crippen LogP contribution in [-0.4, -0.2) is 25.5 Å². The lowest BCUT2D eigenvalue weighted by Gasteiger charge is -2.34. The molecule has 0 radical (unpaired) electrons. The lowest BCUT2D eigenvalue weighted by atomic mass is 9.81. The SMILES string of the molecule is C[C@H]1CC(=O)C2=C(C1)Nc1nc(C(F)(F)F)nn1[C@@H]2c1cccc([N+](=O)[O-])c1. The number of ketones is 1. The van der Waals surface area contributed by atoms with Gasteiger partial charge < -0.3 is 5.32 Å². The van der Waals surface area contributed by atoms with E-state index >= 15 is 0 Å². The van der Waals surface area contributed by atoms with Gasteiger partial charge in [0, 0.05) is 29.8 Å². The summed E-state index contributed by atoms with van der Waals surface area (Å²) in [7, 11) is 0. The van der Waals surface area contributed by atoms with Crippen molar-refractivity contribution >= 4 is 17.4 Å². The number of nitrogens with zero attached hydrogens (tertiary/aromatic N) is 4. The lowest BCUT2D eigenvalue weighted by Crippen LogP contribution is -2.33. The van der Waals surface area contributed by atoms with Crippen LogP contribution in [0.15, 0.2) is 35.5 Å². The summed E-state index contributed by atoms with van der Waals surface area (Å²) in [4.78, 5) is 26.8. The smallest absolute Gasteiger partial charge is 0.328 e. The van der Waals surface area contributed by atoms with Crippen LogP contribution in [0.2, 0.25) is 0 Å². The summed E-state index contributed by atoms with van der Waals surface area (Å²) < 4.78 is 40.4. The fraction of sp³-hybridized carbons (Fsp3) is 0.353. The first-order chi connectivity index (χ1) is 13.1. The number of benzene rings is 1. The summed E-state index contributed by atoms with van der Waals surface area (Å²) in [5.41, 5.74) is 0.817. The Morgan fingerprint density at radius 3 is 2.75 bits per heavy atom. The number of halogens is 3. The number of carbonyl (C=O) groups is 1. The summed E-state index contributed by atoms with van der Waals surface area (Å²) in [6, 6.07) is 4.44. The number of nitro groups is 1. The Morgan fingerprint density at radius 1 is 1.32 bits per heavy atom. The highest BCUT2D eigenvalue weighted by Gasteiger charge is 2.43. The van der Waals surface area contributed by atoms with Gasteiger partial charge in [0.25, 0.3) is 11.5 Å². The molecule has 1 aromatic heterocycles. The molecule has 0 unspecified atom stereocenters. The Labute approximate surface area is 156 Å². The molecule has 0 fully saturated rings. The van der Waals surface area contributed by atoms with E-state index in [4.69, 9.17) is 0 Å². The number of hydrogen-bond donors (Lipinski definition) is 1. The van der Waals surface area contributed by atoms with Crippen molar-refractivity contribution in [2.24, 2.45) is 5.92 Å². The van der Waals surface area contributed by atoms with Crippen LogP contribution in [0.4, 0.5) is 24.8 Å². The normalized spacial score (nSPS) is 21.8. The molecule has 2 aliphatic rings. The van der Waals surface area contributed by atoms with Crippen LogP contribution >= 0.6 is 0 Å². The molecule has 1 aliphatic carbocycles. The van der Waals surface area contributed by atoms with Crippen molar-refractivity contribution < 1.29 is 22.9 Å². The van der Waals surface area contributed by atoms with Gasteiger partial charge >= 0.3 is 6.18 Å². The van der Waals surface area contributed by atoms with E-state index in [0.717, 1.165) is 4.68 Å². The molecule has 11 heteroatoms. The third kappa shape index (κ3) is 2.92. The number of nitro benzene ring substituents is 1. The number of allylic oxidation sites excluding steroid dienone is 2. The van der Waals surface area contributed by atoms with Gasteiger partial charge in [-0.05, 0) is 17.9 Å². The molecule has 2 atom stereocenters. The molecule has 0 bridgehead atoms. The standard InChI is InChI=1S/C17H14F3N5O3/c1-8-5-11-13(12(26)6-8)14(9-3-2-4-10(7-9)25(27)28)24-16(21-11)22-15(23-24)17(18,19)20/h2-4,7-8,14H,5-6H2,1H3,(H,21,22,23)/t8-,14-/m1/s1. The number of Topliss-reactive ketones (excluding diaryl/α,β-unsaturated/α-hetero) is 1. The van der Waals surface area contributed by atoms with Crippen LogP contribution in [0.25, 0.3) is 0 Å². The number of nitrogens with one attached hydrogen (secondary N) is 1. The number of non-ortho nitro benzene ring substituents is 1. The van der Waals surface area contributed by atoms with Gasteiger partial charge in [-0.2, -0.15) is 18.2 Å². The van der Waals surface area contributed by atoms with Gasteiger partial charge in [-0.15, -0.1) is 5.10 Å². The van der Waals surface area contributed by atoms with Crippen molar-refractivity contribution in [3.05, 3.63) is 57.0 Å². The summed E-state index contributed by atoms with van der Waals surface area (Å²) in [6.45, 7) is 1.87. The minimum atomic E-state index is -4.77. The topological polar surface area (TPSA) is 103 Å². The summed E-state index contributed by atoms with van der Waals surface area (Å²) in [5.74, 6) is -1.70. The molecule has 8 nitrogen and oxygen atoms in total. The average molecular weight is 393 g/mol. The van der Waals surface area contributed by atoms with Crippen molar-refractivity contribution in [3.63, 3.8) is 0 Å². The van der Waals surface area contributed by atoms with Crippen LogP contribution in [0.5, 0.6) is 0 Å². The van der Waals surface area contributed by atoms with Gasteiger partial charge in [-0.3, -0.25) is 14.9 Å². The summed E-state index contributed by atoms with van der Waals surface area (Å²) in [5, 5.41) is 17.5. The predicted molar refractivity (Wildman–Crippen MR) is 90.3 cm³/mol. The highest BCUT2D eigenvalue weighted by Crippen LogP contribution is 2.42. The number of carbonyl (C=O) groups excluding carboxylic acids is 1. The summed E-state index contributed by atoms with van der Waals surface area (Å²) >= 11 is 0. The maximum Gasteiger partial charge on any atom is 0.453 e. The highest BCUT2D eigenvalue weighted by molar-refractivity contribution is 5.99. The minimum absolute atomic E-state index is 0.0149. The molecular formula is C17H14F3N5O3. The molecule has 146 valence electrons. The Morgan fingerprint density at radius 2 is 2.07 bits per heavy atom. The van der Waals surface area contributed by atoms with E-state index < -0.39 is 23.0 Å². The molecule has 1 N–H and O–H groups in total. The van der Waals surface area contributed by atoms with Gasteiger partial charge in [-0.25, -0.2) is 4.68 Å². The fourth-order valence-corrected chi connectivity index (χ4v) is 3.64. The second kappa shape index (κ2) is 6.14. The molecule has 0 saturated heterocycles. The van der Waals surface area contributed by atoms with Gasteiger partial charge in [0.15, 0.2) is 5.78 Å². The average Bonchev–Trinajstić information content (AvgIpc) is 3.03. The van der Waals surface area contributed by atoms with E-state index in [1.165, 1.54) is 24.3 Å². The van der Waals surface area contributed by atoms with Gasteiger partial charge in [0.1, 0.15) is 6.04 Å². The Hall–Kier alpha value is -3.24. The van der Waals surface area contributed by atoms with Crippen LogP contribution in [0.3, 0.4) is 0 Å². The number of hydrogen-bond acceptors (Lipinski definition) is 6. The lowest BCUT2D eigenvalue weighted by molar-refractivity contribution is -0.384. The number of aromatic nitrogens is 3. The maximum atomic E-state index is 13.1. The van der Waals surface area contributed by atoms with E-state index in [9.17, 15) is 28.1 Å². The third-order valence-electron chi connectivity index (χ3n) is 4.77. The van der Waals surface area contributed by atoms with E-state index in [0.29, 0.717) is 17.7 Å². The van der Waals surface area contributed by atoms with Gasteiger partial charge in [0.2, 0.25) is 5.95 Å². The second-order valence-electron chi connectivity index (χ2n) is 6.91. The quantitative estimate of drug-likeness (QED) is 0.619. The number of rotatable bonds is 2. The molecular weight excluding hydrogens is 379 g/mol. The molecule has 0 amide bonds. The zero-order valence-corrected chi connectivity index (χ0v) is 14.5. The highest BCUT2D eigenvalue weighted by atomic mass is 19.4. The van der Waals surface area contributed by atoms with Crippen LogP contribution in [-0.2, 0) is 11.0 Å². The molecule has 2 aromatic rings. The fourth-order valence-electron chi connectivity index (χ4n) is 3.64. The first-order valence-corrected chi connectivity index (χ1v) is 8.46.